The van der Waals surface area contributed by atoms with Crippen LogP contribution in [0.2, 0.25) is 0 Å². The van der Waals surface area contributed by atoms with Crippen molar-refractivity contribution in [1.29, 1.82) is 0 Å². The van der Waals surface area contributed by atoms with Crippen LogP contribution in [-0.2, 0) is 4.79 Å². The first-order chi connectivity index (χ1) is 34.1. The van der Waals surface area contributed by atoms with Gasteiger partial charge in [-0.15, -0.1) is 0 Å². The number of aliphatic hydroxyl groups is 3. The molecule has 408 valence electrons. The molecule has 3 unspecified atom stereocenters. The van der Waals surface area contributed by atoms with Crippen LogP contribution in [0, 0.1) is 0 Å². The summed E-state index contributed by atoms with van der Waals surface area (Å²) in [5.41, 5.74) is 0. The van der Waals surface area contributed by atoms with Crippen LogP contribution in [0.1, 0.15) is 341 Å². The molecule has 0 bridgehead atoms. The second kappa shape index (κ2) is 59.1. The first-order valence-electron chi connectivity index (χ1n) is 31.3. The molecule has 0 aliphatic rings. The van der Waals surface area contributed by atoms with Gasteiger partial charge < -0.3 is 20.6 Å². The maximum absolute atomic E-state index is 12.6. The normalized spacial score (nSPS) is 13.4. The number of carbonyl (C=O) groups is 1. The van der Waals surface area contributed by atoms with E-state index in [2.05, 4.69) is 43.5 Å². The Morgan fingerprint density at radius 1 is 0.348 bits per heavy atom. The molecule has 0 saturated carbocycles. The first-order valence-corrected chi connectivity index (χ1v) is 31.3. The Morgan fingerprint density at radius 3 is 0.884 bits per heavy atom. The van der Waals surface area contributed by atoms with Gasteiger partial charge in [0, 0.05) is 0 Å². The molecule has 0 rings (SSSR count). The summed E-state index contributed by atoms with van der Waals surface area (Å²) >= 11 is 0. The van der Waals surface area contributed by atoms with E-state index in [0.717, 1.165) is 38.5 Å². The number of amides is 1. The smallest absolute Gasteiger partial charge is 0.249 e. The number of aliphatic hydroxyl groups excluding tert-OH is 3. The maximum atomic E-state index is 12.6. The van der Waals surface area contributed by atoms with Gasteiger partial charge in [0.2, 0.25) is 5.91 Å². The van der Waals surface area contributed by atoms with Gasteiger partial charge in [-0.25, -0.2) is 0 Å². The number of hydrogen-bond acceptors (Lipinski definition) is 4. The van der Waals surface area contributed by atoms with Gasteiger partial charge in [-0.3, -0.25) is 4.79 Å². The van der Waals surface area contributed by atoms with Gasteiger partial charge in [-0.2, -0.15) is 0 Å². The van der Waals surface area contributed by atoms with Crippen LogP contribution in [0.4, 0.5) is 0 Å². The van der Waals surface area contributed by atoms with E-state index in [1.165, 1.54) is 283 Å². The summed E-state index contributed by atoms with van der Waals surface area (Å²) in [6, 6.07) is -0.815. The van der Waals surface area contributed by atoms with Crippen molar-refractivity contribution in [3.8, 4) is 0 Å². The van der Waals surface area contributed by atoms with Crippen LogP contribution < -0.4 is 5.32 Å². The zero-order chi connectivity index (χ0) is 50.0. The number of hydrogen-bond donors (Lipinski definition) is 4. The first kappa shape index (κ1) is 67.6. The highest BCUT2D eigenvalue weighted by atomic mass is 16.3. The average Bonchev–Trinajstić information content (AvgIpc) is 3.35. The van der Waals surface area contributed by atoms with Gasteiger partial charge in [0.1, 0.15) is 6.10 Å². The second-order valence-corrected chi connectivity index (χ2v) is 21.6. The number of rotatable bonds is 58. The lowest BCUT2D eigenvalue weighted by Gasteiger charge is -2.21. The summed E-state index contributed by atoms with van der Waals surface area (Å²) in [5, 5.41) is 33.4. The minimum Gasteiger partial charge on any atom is -0.394 e. The van der Waals surface area contributed by atoms with Crippen molar-refractivity contribution < 1.29 is 20.1 Å². The van der Waals surface area contributed by atoms with Gasteiger partial charge in [0.15, 0.2) is 0 Å². The van der Waals surface area contributed by atoms with Gasteiger partial charge in [-0.05, 0) is 57.8 Å². The Bertz CT molecular complexity index is 1070. The highest BCUT2D eigenvalue weighted by Crippen LogP contribution is 2.18. The van der Waals surface area contributed by atoms with E-state index >= 15 is 0 Å². The van der Waals surface area contributed by atoms with E-state index in [1.807, 2.05) is 6.08 Å². The molecule has 0 aromatic rings. The van der Waals surface area contributed by atoms with Crippen LogP contribution in [0.25, 0.3) is 0 Å². The Morgan fingerprint density at radius 2 is 0.594 bits per heavy atom. The standard InChI is InChI=1S/C64H123NO4/c1-3-5-7-9-11-13-15-17-19-21-23-25-27-28-29-30-31-32-33-34-35-37-39-41-43-45-47-49-51-53-55-57-59-63(68)64(69)65-61(60-66)62(67)58-56-54-52-50-48-46-44-42-40-38-36-26-24-22-20-18-16-14-12-10-8-6-4-2/h28-29,48,50,56,58,61-63,66-68H,3-27,30-47,49,51-55,57,59-60H2,1-2H3,(H,65,69)/b29-28-,50-48+,58-56+. The molecule has 1 amide bonds. The molecule has 0 aliphatic heterocycles. The predicted molar refractivity (Wildman–Crippen MR) is 305 cm³/mol. The molecule has 0 aliphatic carbocycles. The van der Waals surface area contributed by atoms with Crippen molar-refractivity contribution in [3.63, 3.8) is 0 Å². The fourth-order valence-electron chi connectivity index (χ4n) is 9.85. The highest BCUT2D eigenvalue weighted by molar-refractivity contribution is 5.80. The van der Waals surface area contributed by atoms with E-state index < -0.39 is 24.2 Å². The maximum Gasteiger partial charge on any atom is 0.249 e. The van der Waals surface area contributed by atoms with Crippen LogP contribution >= 0.6 is 0 Å². The summed E-state index contributed by atoms with van der Waals surface area (Å²) in [6.45, 7) is 4.21. The lowest BCUT2D eigenvalue weighted by Crippen LogP contribution is -2.48. The van der Waals surface area contributed by atoms with Gasteiger partial charge >= 0.3 is 0 Å². The van der Waals surface area contributed by atoms with Crippen LogP contribution in [0.5, 0.6) is 0 Å². The molecular weight excluding hydrogens is 847 g/mol. The fraction of sp³-hybridized carbons (Fsp3) is 0.891. The van der Waals surface area contributed by atoms with E-state index in [9.17, 15) is 20.1 Å². The molecule has 0 aromatic heterocycles. The van der Waals surface area contributed by atoms with Gasteiger partial charge in [0.25, 0.3) is 0 Å². The minimum atomic E-state index is -1.11. The molecule has 0 radical (unpaired) electrons. The summed E-state index contributed by atoms with van der Waals surface area (Å²) in [4.78, 5) is 12.6. The summed E-state index contributed by atoms with van der Waals surface area (Å²) < 4.78 is 0. The Labute approximate surface area is 432 Å². The monoisotopic (exact) mass is 970 g/mol. The number of carbonyl (C=O) groups excluding carboxylic acids is 1. The molecular formula is C64H123NO4. The lowest BCUT2D eigenvalue weighted by atomic mass is 10.0. The Hall–Kier alpha value is -1.43. The molecule has 0 spiro atoms. The highest BCUT2D eigenvalue weighted by Gasteiger charge is 2.22. The third kappa shape index (κ3) is 54.2. The second-order valence-electron chi connectivity index (χ2n) is 21.6. The van der Waals surface area contributed by atoms with Crippen LogP contribution in [-0.4, -0.2) is 46.1 Å². The molecule has 69 heavy (non-hydrogen) atoms. The topological polar surface area (TPSA) is 89.8 Å². The molecule has 0 saturated heterocycles. The average molecular weight is 971 g/mol. The third-order valence-electron chi connectivity index (χ3n) is 14.7. The minimum absolute atomic E-state index is 0.374. The van der Waals surface area contributed by atoms with Crippen molar-refractivity contribution in [1.82, 2.24) is 5.32 Å². The van der Waals surface area contributed by atoms with E-state index in [0.29, 0.717) is 6.42 Å². The Kier molecular flexibility index (Phi) is 57.9. The fourth-order valence-corrected chi connectivity index (χ4v) is 9.85. The molecule has 0 aromatic carbocycles. The summed E-state index contributed by atoms with van der Waals surface area (Å²) in [7, 11) is 0. The predicted octanol–water partition coefficient (Wildman–Crippen LogP) is 19.8. The number of allylic oxidation sites excluding steroid dienone is 5. The van der Waals surface area contributed by atoms with Crippen molar-refractivity contribution >= 4 is 5.91 Å². The quantitative estimate of drug-likeness (QED) is 0.0361. The zero-order valence-electron chi connectivity index (χ0n) is 46.7. The van der Waals surface area contributed by atoms with Gasteiger partial charge in [-0.1, -0.05) is 320 Å². The molecule has 4 N–H and O–H groups in total. The lowest BCUT2D eigenvalue weighted by molar-refractivity contribution is -0.131. The molecule has 5 nitrogen and oxygen atoms in total. The van der Waals surface area contributed by atoms with Gasteiger partial charge in [0.05, 0.1) is 18.8 Å². The number of nitrogens with one attached hydrogen (secondary N) is 1. The molecule has 0 heterocycles. The van der Waals surface area contributed by atoms with E-state index in [-0.39, 0.29) is 6.61 Å². The SMILES string of the molecule is CCCCCCCCCCCCCC/C=C\CCCCCCCCCCCCCCCCCCC(O)C(=O)NC(CO)C(O)/C=C/CC/C=C/CCCCCCCCCCCCCCCCCCC. The summed E-state index contributed by atoms with van der Waals surface area (Å²) in [6.07, 6.45) is 78.3. The van der Waals surface area contributed by atoms with E-state index in [4.69, 9.17) is 0 Å². The van der Waals surface area contributed by atoms with Crippen molar-refractivity contribution in [2.75, 3.05) is 6.61 Å². The number of unbranched alkanes of at least 4 members (excludes halogenated alkanes) is 46. The van der Waals surface area contributed by atoms with Crippen LogP contribution in [0.15, 0.2) is 36.5 Å². The van der Waals surface area contributed by atoms with Crippen molar-refractivity contribution in [3.05, 3.63) is 36.5 Å². The molecule has 5 heteroatoms. The molecule has 3 atom stereocenters. The summed E-state index contributed by atoms with van der Waals surface area (Å²) in [5.74, 6) is -0.507. The molecule has 0 fully saturated rings. The largest absolute Gasteiger partial charge is 0.394 e. The van der Waals surface area contributed by atoms with Crippen LogP contribution in [0.3, 0.4) is 0 Å². The third-order valence-corrected chi connectivity index (χ3v) is 14.7. The van der Waals surface area contributed by atoms with E-state index in [1.54, 1.807) is 6.08 Å². The Balaban J connectivity index is 3.54. The van der Waals surface area contributed by atoms with Crippen molar-refractivity contribution in [2.24, 2.45) is 0 Å². The zero-order valence-corrected chi connectivity index (χ0v) is 46.7. The van der Waals surface area contributed by atoms with Crippen molar-refractivity contribution in [2.45, 2.75) is 360 Å².